The van der Waals surface area contributed by atoms with Crippen LogP contribution in [0.1, 0.15) is 34.0 Å². The van der Waals surface area contributed by atoms with Gasteiger partial charge >= 0.3 is 0 Å². The highest BCUT2D eigenvalue weighted by Crippen LogP contribution is 2.20. The van der Waals surface area contributed by atoms with Gasteiger partial charge in [-0.15, -0.1) is 10.2 Å². The van der Waals surface area contributed by atoms with Gasteiger partial charge in [-0.05, 0) is 60.4 Å². The standard InChI is InChI=1S/C19H17FN2O2/c1-12-3-4-14(10-17(12)23)11-19-22-21-18(24-19)8-6-15-5-7-16(20)9-13(15)2/h3-10,23H,11H2,1-2H3/b8-6+. The minimum Gasteiger partial charge on any atom is -0.508 e. The molecule has 0 amide bonds. The Kier molecular flexibility index (Phi) is 4.42. The molecule has 0 saturated heterocycles. The Hall–Kier alpha value is -2.95. The minimum atomic E-state index is -0.258. The highest BCUT2D eigenvalue weighted by Gasteiger charge is 2.07. The van der Waals surface area contributed by atoms with E-state index < -0.39 is 0 Å². The van der Waals surface area contributed by atoms with Crippen molar-refractivity contribution in [2.75, 3.05) is 0 Å². The van der Waals surface area contributed by atoms with Gasteiger partial charge in [0.25, 0.3) is 0 Å². The molecule has 0 aliphatic rings. The fourth-order valence-corrected chi connectivity index (χ4v) is 2.33. The molecular formula is C19H17FN2O2. The van der Waals surface area contributed by atoms with E-state index in [0.717, 1.165) is 22.3 Å². The number of nitrogens with zero attached hydrogens (tertiary/aromatic N) is 2. The summed E-state index contributed by atoms with van der Waals surface area (Å²) in [6, 6.07) is 10.0. The highest BCUT2D eigenvalue weighted by atomic mass is 19.1. The van der Waals surface area contributed by atoms with Crippen LogP contribution in [0.15, 0.2) is 40.8 Å². The summed E-state index contributed by atoms with van der Waals surface area (Å²) in [5, 5.41) is 17.7. The molecule has 0 aliphatic carbocycles. The Balaban J connectivity index is 1.73. The molecule has 0 fully saturated rings. The smallest absolute Gasteiger partial charge is 0.240 e. The van der Waals surface area contributed by atoms with E-state index in [-0.39, 0.29) is 11.6 Å². The number of phenolic OH excluding ortho intramolecular Hbond substituents is 1. The van der Waals surface area contributed by atoms with E-state index in [0.29, 0.717) is 18.2 Å². The van der Waals surface area contributed by atoms with E-state index in [4.69, 9.17) is 4.42 Å². The third kappa shape index (κ3) is 3.68. The number of phenols is 1. The van der Waals surface area contributed by atoms with Crippen LogP contribution in [0.2, 0.25) is 0 Å². The van der Waals surface area contributed by atoms with E-state index in [2.05, 4.69) is 10.2 Å². The molecule has 0 spiro atoms. The van der Waals surface area contributed by atoms with Gasteiger partial charge in [-0.25, -0.2) is 4.39 Å². The summed E-state index contributed by atoms with van der Waals surface area (Å²) < 4.78 is 18.7. The fourth-order valence-electron chi connectivity index (χ4n) is 2.33. The summed E-state index contributed by atoms with van der Waals surface area (Å²) >= 11 is 0. The molecule has 4 nitrogen and oxygen atoms in total. The maximum Gasteiger partial charge on any atom is 0.240 e. The van der Waals surface area contributed by atoms with Gasteiger partial charge in [-0.3, -0.25) is 0 Å². The van der Waals surface area contributed by atoms with Gasteiger partial charge in [-0.2, -0.15) is 0 Å². The van der Waals surface area contributed by atoms with Crippen LogP contribution in [0.4, 0.5) is 4.39 Å². The summed E-state index contributed by atoms with van der Waals surface area (Å²) in [6.07, 6.45) is 3.96. The monoisotopic (exact) mass is 324 g/mol. The summed E-state index contributed by atoms with van der Waals surface area (Å²) in [5.74, 6) is 0.837. The van der Waals surface area contributed by atoms with Crippen LogP contribution in [0.25, 0.3) is 12.2 Å². The fraction of sp³-hybridized carbons (Fsp3) is 0.158. The molecule has 0 aliphatic heterocycles. The third-order valence-corrected chi connectivity index (χ3v) is 3.75. The second-order valence-electron chi connectivity index (χ2n) is 5.67. The number of rotatable bonds is 4. The van der Waals surface area contributed by atoms with Gasteiger partial charge in [-0.1, -0.05) is 18.2 Å². The van der Waals surface area contributed by atoms with E-state index in [1.165, 1.54) is 12.1 Å². The number of aromatic hydroxyl groups is 1. The quantitative estimate of drug-likeness (QED) is 0.777. The molecule has 0 atom stereocenters. The highest BCUT2D eigenvalue weighted by molar-refractivity contribution is 5.67. The molecule has 1 N–H and O–H groups in total. The predicted molar refractivity (Wildman–Crippen MR) is 90.0 cm³/mol. The number of benzene rings is 2. The first kappa shape index (κ1) is 15.9. The first-order chi connectivity index (χ1) is 11.5. The van der Waals surface area contributed by atoms with Gasteiger partial charge in [0, 0.05) is 6.08 Å². The van der Waals surface area contributed by atoms with E-state index in [1.807, 2.05) is 32.1 Å². The van der Waals surface area contributed by atoms with Crippen LogP contribution in [0.3, 0.4) is 0 Å². The maximum absolute atomic E-state index is 13.1. The Bertz CT molecular complexity index is 900. The van der Waals surface area contributed by atoms with E-state index >= 15 is 0 Å². The van der Waals surface area contributed by atoms with Crippen molar-refractivity contribution in [3.63, 3.8) is 0 Å². The van der Waals surface area contributed by atoms with Crippen LogP contribution >= 0.6 is 0 Å². The molecule has 24 heavy (non-hydrogen) atoms. The zero-order valence-corrected chi connectivity index (χ0v) is 13.5. The van der Waals surface area contributed by atoms with Gasteiger partial charge in [0.2, 0.25) is 11.8 Å². The summed E-state index contributed by atoms with van der Waals surface area (Å²) in [5.41, 5.74) is 3.44. The van der Waals surface area contributed by atoms with Crippen LogP contribution in [-0.4, -0.2) is 15.3 Å². The predicted octanol–water partition coefficient (Wildman–Crippen LogP) is 4.29. The number of aromatic nitrogens is 2. The number of aryl methyl sites for hydroxylation is 2. The minimum absolute atomic E-state index is 0.249. The Labute approximate surface area is 139 Å². The molecule has 0 saturated carbocycles. The molecule has 1 aromatic heterocycles. The molecule has 2 aromatic carbocycles. The van der Waals surface area contributed by atoms with Gasteiger partial charge in [0.05, 0.1) is 6.42 Å². The average Bonchev–Trinajstić information content (AvgIpc) is 2.98. The molecule has 3 aromatic rings. The lowest BCUT2D eigenvalue weighted by Crippen LogP contribution is -1.89. The number of hydrogen-bond acceptors (Lipinski definition) is 4. The van der Waals surface area contributed by atoms with Crippen molar-refractivity contribution in [3.05, 3.63) is 76.3 Å². The normalized spacial score (nSPS) is 11.3. The van der Waals surface area contributed by atoms with E-state index in [9.17, 15) is 9.50 Å². The van der Waals surface area contributed by atoms with Crippen molar-refractivity contribution >= 4 is 12.2 Å². The molecular weight excluding hydrogens is 307 g/mol. The van der Waals surface area contributed by atoms with Gasteiger partial charge in [0.1, 0.15) is 11.6 Å². The van der Waals surface area contributed by atoms with E-state index in [1.54, 1.807) is 18.2 Å². The molecule has 0 radical (unpaired) electrons. The summed E-state index contributed by atoms with van der Waals surface area (Å²) in [7, 11) is 0. The van der Waals surface area contributed by atoms with Crippen molar-refractivity contribution in [2.45, 2.75) is 20.3 Å². The number of halogens is 1. The Morgan fingerprint density at radius 2 is 1.88 bits per heavy atom. The molecule has 0 unspecified atom stereocenters. The molecule has 3 rings (SSSR count). The molecule has 122 valence electrons. The topological polar surface area (TPSA) is 59.2 Å². The van der Waals surface area contributed by atoms with Crippen LogP contribution in [0, 0.1) is 19.7 Å². The maximum atomic E-state index is 13.1. The second kappa shape index (κ2) is 6.66. The molecule has 0 bridgehead atoms. The van der Waals surface area contributed by atoms with Crippen molar-refractivity contribution in [1.82, 2.24) is 10.2 Å². The van der Waals surface area contributed by atoms with Gasteiger partial charge in [0.15, 0.2) is 0 Å². The zero-order valence-electron chi connectivity index (χ0n) is 13.5. The Morgan fingerprint density at radius 1 is 1.04 bits per heavy atom. The summed E-state index contributed by atoms with van der Waals surface area (Å²) in [6.45, 7) is 3.68. The number of hydrogen-bond donors (Lipinski definition) is 1. The van der Waals surface area contributed by atoms with Crippen LogP contribution in [0.5, 0.6) is 5.75 Å². The third-order valence-electron chi connectivity index (χ3n) is 3.75. The van der Waals surface area contributed by atoms with Crippen molar-refractivity contribution in [1.29, 1.82) is 0 Å². The first-order valence-corrected chi connectivity index (χ1v) is 7.56. The van der Waals surface area contributed by atoms with Crippen LogP contribution < -0.4 is 0 Å². The Morgan fingerprint density at radius 3 is 2.62 bits per heavy atom. The van der Waals surface area contributed by atoms with Crippen molar-refractivity contribution < 1.29 is 13.9 Å². The first-order valence-electron chi connectivity index (χ1n) is 7.56. The van der Waals surface area contributed by atoms with Crippen molar-refractivity contribution in [2.24, 2.45) is 0 Å². The SMILES string of the molecule is Cc1ccc(Cc2nnc(/C=C/c3ccc(F)cc3C)o2)cc1O. The second-order valence-corrected chi connectivity index (χ2v) is 5.67. The lowest BCUT2D eigenvalue weighted by atomic mass is 10.1. The average molecular weight is 324 g/mol. The zero-order chi connectivity index (χ0) is 17.1. The largest absolute Gasteiger partial charge is 0.508 e. The molecule has 1 heterocycles. The van der Waals surface area contributed by atoms with Crippen molar-refractivity contribution in [3.8, 4) is 5.75 Å². The summed E-state index contributed by atoms with van der Waals surface area (Å²) in [4.78, 5) is 0. The van der Waals surface area contributed by atoms with Crippen LogP contribution in [-0.2, 0) is 6.42 Å². The lowest BCUT2D eigenvalue weighted by Gasteiger charge is -2.01. The lowest BCUT2D eigenvalue weighted by molar-refractivity contribution is 0.469. The molecule has 5 heteroatoms. The van der Waals surface area contributed by atoms with Gasteiger partial charge < -0.3 is 9.52 Å².